The number of piperidine rings is 1. The Morgan fingerprint density at radius 1 is 1.13 bits per heavy atom. The molecule has 45 heavy (non-hydrogen) atoms. The molecule has 1 aliphatic heterocycles. The van der Waals surface area contributed by atoms with Gasteiger partial charge in [0, 0.05) is 28.6 Å². The number of aromatic nitrogens is 2. The minimum atomic E-state index is -4.46. The maximum absolute atomic E-state index is 14.5. The van der Waals surface area contributed by atoms with Crippen molar-refractivity contribution in [3.8, 4) is 33.3 Å². The number of carbonyl (C=O) groups is 1. The zero-order valence-electron chi connectivity index (χ0n) is 25.4. The van der Waals surface area contributed by atoms with Crippen molar-refractivity contribution in [2.75, 3.05) is 13.2 Å². The van der Waals surface area contributed by atoms with Crippen molar-refractivity contribution >= 4 is 34.9 Å². The van der Waals surface area contributed by atoms with E-state index in [9.17, 15) is 22.8 Å². The summed E-state index contributed by atoms with van der Waals surface area (Å²) in [5.74, 6) is 0.211. The van der Waals surface area contributed by atoms with Gasteiger partial charge in [-0.25, -0.2) is 4.98 Å². The van der Waals surface area contributed by atoms with Crippen LogP contribution in [0.15, 0.2) is 64.3 Å². The Labute approximate surface area is 268 Å². The first kappa shape index (κ1) is 32.5. The van der Waals surface area contributed by atoms with Crippen LogP contribution in [0, 0.1) is 0 Å². The topological polar surface area (TPSA) is 64.4 Å². The van der Waals surface area contributed by atoms with E-state index in [0.29, 0.717) is 57.1 Å². The molecule has 0 bridgehead atoms. The lowest BCUT2D eigenvalue weighted by atomic mass is 10.00. The van der Waals surface area contributed by atoms with Crippen molar-refractivity contribution in [3.63, 3.8) is 0 Å². The van der Waals surface area contributed by atoms with Gasteiger partial charge in [-0.05, 0) is 89.4 Å². The predicted molar refractivity (Wildman–Crippen MR) is 173 cm³/mol. The van der Waals surface area contributed by atoms with Crippen molar-refractivity contribution in [2.45, 2.75) is 59.2 Å². The molecule has 2 aromatic heterocycles. The fourth-order valence-corrected chi connectivity index (χ4v) is 6.47. The molecule has 2 aromatic carbocycles. The van der Waals surface area contributed by atoms with Crippen LogP contribution in [-0.2, 0) is 6.18 Å². The second-order valence-corrected chi connectivity index (χ2v) is 12.5. The molecule has 236 valence electrons. The van der Waals surface area contributed by atoms with Crippen molar-refractivity contribution < 1.29 is 22.7 Å². The molecule has 4 aromatic rings. The third-order valence-corrected chi connectivity index (χ3v) is 8.77. The van der Waals surface area contributed by atoms with Crippen LogP contribution in [-0.4, -0.2) is 39.6 Å². The molecule has 1 saturated heterocycles. The first-order valence-electron chi connectivity index (χ1n) is 14.7. The summed E-state index contributed by atoms with van der Waals surface area (Å²) in [6.07, 6.45) is 0.134. The average molecular weight is 656 g/mol. The summed E-state index contributed by atoms with van der Waals surface area (Å²) >= 11 is 7.62. The highest BCUT2D eigenvalue weighted by atomic mass is 35.5. The van der Waals surface area contributed by atoms with Gasteiger partial charge in [-0.2, -0.15) is 13.2 Å². The first-order valence-corrected chi connectivity index (χ1v) is 16.0. The third kappa shape index (κ3) is 6.87. The molecule has 6 nitrogen and oxygen atoms in total. The Bertz CT molecular complexity index is 1810. The molecule has 0 aliphatic carbocycles. The number of rotatable bonds is 7. The van der Waals surface area contributed by atoms with Gasteiger partial charge in [0.2, 0.25) is 0 Å². The van der Waals surface area contributed by atoms with Crippen LogP contribution in [0.1, 0.15) is 68.6 Å². The molecule has 3 heterocycles. The minimum Gasteiger partial charge on any atom is -0.492 e. The number of thiazole rings is 1. The number of hydrogen-bond donors (Lipinski definition) is 0. The number of carbonyl (C=O) groups excluding carboxylic acids is 1. The lowest BCUT2D eigenvalue weighted by molar-refractivity contribution is -0.137. The number of alkyl halides is 3. The summed E-state index contributed by atoms with van der Waals surface area (Å²) in [6, 6.07) is 11.3. The zero-order chi connectivity index (χ0) is 32.5. The van der Waals surface area contributed by atoms with E-state index < -0.39 is 17.3 Å². The highest BCUT2D eigenvalue weighted by molar-refractivity contribution is 7.13. The van der Waals surface area contributed by atoms with Crippen molar-refractivity contribution in [1.29, 1.82) is 0 Å². The Morgan fingerprint density at radius 3 is 2.51 bits per heavy atom. The Hall–Kier alpha value is -3.89. The van der Waals surface area contributed by atoms with E-state index in [1.165, 1.54) is 28.0 Å². The molecule has 0 spiro atoms. The van der Waals surface area contributed by atoms with Gasteiger partial charge in [0.25, 0.3) is 11.5 Å². The number of nitrogens with zero attached hydrogens (tertiary/aromatic N) is 3. The molecule has 0 N–H and O–H groups in total. The number of likely N-dealkylation sites (tertiary alicyclic amines) is 1. The second-order valence-electron chi connectivity index (χ2n) is 11.2. The largest absolute Gasteiger partial charge is 0.492 e. The van der Waals surface area contributed by atoms with Crippen LogP contribution < -0.4 is 10.3 Å². The lowest BCUT2D eigenvalue weighted by Gasteiger charge is -2.34. The number of ether oxygens (including phenoxy) is 1. The first-order chi connectivity index (χ1) is 21.4. The summed E-state index contributed by atoms with van der Waals surface area (Å²) in [7, 11) is 0. The summed E-state index contributed by atoms with van der Waals surface area (Å²) in [5, 5.41) is 2.39. The smallest absolute Gasteiger partial charge is 0.416 e. The fourth-order valence-electron chi connectivity index (χ4n) is 5.47. The molecule has 1 fully saturated rings. The molecular formula is C34H33ClF3N3O3S. The van der Waals surface area contributed by atoms with E-state index >= 15 is 0 Å². The summed E-state index contributed by atoms with van der Waals surface area (Å²) in [6.45, 7) is 8.56. The van der Waals surface area contributed by atoms with Gasteiger partial charge in [0.05, 0.1) is 40.4 Å². The number of hydrogen-bond acceptors (Lipinski definition) is 5. The van der Waals surface area contributed by atoms with Gasteiger partial charge in [-0.3, -0.25) is 14.2 Å². The number of amides is 1. The van der Waals surface area contributed by atoms with E-state index in [-0.39, 0.29) is 17.5 Å². The zero-order valence-corrected chi connectivity index (χ0v) is 26.9. The third-order valence-electron chi connectivity index (χ3n) is 7.66. The van der Waals surface area contributed by atoms with Gasteiger partial charge in [0.15, 0.2) is 0 Å². The molecule has 11 heteroatoms. The fraction of sp³-hybridized carbons (Fsp3) is 0.324. The summed E-state index contributed by atoms with van der Waals surface area (Å²) in [5.41, 5.74) is 1.84. The van der Waals surface area contributed by atoms with Gasteiger partial charge >= 0.3 is 6.18 Å². The normalized spacial score (nSPS) is 15.2. The van der Waals surface area contributed by atoms with Crippen molar-refractivity contribution in [3.05, 3.63) is 91.7 Å². The van der Waals surface area contributed by atoms with Crippen LogP contribution in [0.4, 0.5) is 13.2 Å². The van der Waals surface area contributed by atoms with E-state index in [4.69, 9.17) is 16.3 Å². The van der Waals surface area contributed by atoms with Crippen LogP contribution in [0.5, 0.6) is 5.75 Å². The predicted octanol–water partition coefficient (Wildman–Crippen LogP) is 9.14. The Balaban J connectivity index is 1.76. The highest BCUT2D eigenvalue weighted by Gasteiger charge is 2.31. The van der Waals surface area contributed by atoms with E-state index in [1.54, 1.807) is 35.7 Å². The SMILES string of the molecule is CCOc1ccc(Cl)cc1-n1c(C=C(C)C)c(C(=O)N2CCCC[C@H]2C)cc(-c2nc(-c3ccc(C(F)(F)F)cc3)cs2)c1=O. The maximum Gasteiger partial charge on any atom is 0.416 e. The second kappa shape index (κ2) is 13.2. The minimum absolute atomic E-state index is 0.0194. The molecular weight excluding hydrogens is 623 g/mol. The van der Waals surface area contributed by atoms with E-state index in [2.05, 4.69) is 4.98 Å². The Morgan fingerprint density at radius 2 is 1.87 bits per heavy atom. The monoisotopic (exact) mass is 655 g/mol. The quantitative estimate of drug-likeness (QED) is 0.199. The van der Waals surface area contributed by atoms with Crippen LogP contribution in [0.3, 0.4) is 0 Å². The Kier molecular flexibility index (Phi) is 9.55. The van der Waals surface area contributed by atoms with Crippen molar-refractivity contribution in [1.82, 2.24) is 14.5 Å². The van der Waals surface area contributed by atoms with Gasteiger partial charge in [-0.1, -0.05) is 29.3 Å². The summed E-state index contributed by atoms with van der Waals surface area (Å²) in [4.78, 5) is 35.3. The molecule has 5 rings (SSSR count). The molecule has 0 radical (unpaired) electrons. The van der Waals surface area contributed by atoms with Crippen LogP contribution >= 0.6 is 22.9 Å². The average Bonchev–Trinajstić information content (AvgIpc) is 3.48. The lowest BCUT2D eigenvalue weighted by Crippen LogP contribution is -2.43. The van der Waals surface area contributed by atoms with Crippen LogP contribution in [0.2, 0.25) is 5.02 Å². The van der Waals surface area contributed by atoms with Crippen LogP contribution in [0.25, 0.3) is 33.6 Å². The molecule has 1 amide bonds. The highest BCUT2D eigenvalue weighted by Crippen LogP contribution is 2.35. The molecule has 0 unspecified atom stereocenters. The van der Waals surface area contributed by atoms with Gasteiger partial charge in [0.1, 0.15) is 10.8 Å². The number of benzene rings is 2. The van der Waals surface area contributed by atoms with E-state index in [0.717, 1.165) is 37.0 Å². The van der Waals surface area contributed by atoms with Crippen molar-refractivity contribution in [2.24, 2.45) is 0 Å². The van der Waals surface area contributed by atoms with E-state index in [1.807, 2.05) is 32.6 Å². The standard InChI is InChI=1S/C34H33ClF3N3O3S/c1-5-44-30-14-13-24(35)17-29(30)41-28(16-20(2)3)25(32(42)40-15-7-6-8-21(40)4)18-26(33(41)43)31-39-27(19-45-31)22-9-11-23(12-10-22)34(36,37)38/h9-14,16-19,21H,5-8,15H2,1-4H3/t21-/m1/s1. The number of halogens is 4. The maximum atomic E-state index is 14.5. The molecule has 0 saturated carbocycles. The summed E-state index contributed by atoms with van der Waals surface area (Å²) < 4.78 is 46.8. The molecule has 1 aliphatic rings. The van der Waals surface area contributed by atoms with Gasteiger partial charge < -0.3 is 9.64 Å². The number of pyridine rings is 1. The molecule has 1 atom stereocenters. The number of allylic oxidation sites excluding steroid dienone is 1. The van der Waals surface area contributed by atoms with Gasteiger partial charge in [-0.15, -0.1) is 11.3 Å².